The van der Waals surface area contributed by atoms with Crippen molar-refractivity contribution in [3.63, 3.8) is 0 Å². The quantitative estimate of drug-likeness (QED) is 0.556. The van der Waals surface area contributed by atoms with Crippen LogP contribution in [0.1, 0.15) is 38.3 Å². The fourth-order valence-corrected chi connectivity index (χ4v) is 2.22. The summed E-state index contributed by atoms with van der Waals surface area (Å²) in [5.74, 6) is -0.167. The average Bonchev–Trinajstić information content (AvgIpc) is 2.61. The minimum atomic E-state index is -0.167. The number of aryl methyl sites for hydroxylation is 1. The largest absolute Gasteiger partial charge is 0.466 e. The molecule has 0 saturated heterocycles. The van der Waals surface area contributed by atoms with E-state index >= 15 is 0 Å². The van der Waals surface area contributed by atoms with Crippen molar-refractivity contribution in [3.05, 3.63) is 20.7 Å². The smallest absolute Gasteiger partial charge is 0.307 e. The molecule has 0 atom stereocenters. The van der Waals surface area contributed by atoms with Gasteiger partial charge in [0.05, 0.1) is 6.61 Å². The lowest BCUT2D eigenvalue weighted by atomic mass is 10.3. The van der Waals surface area contributed by atoms with Crippen molar-refractivity contribution in [1.82, 2.24) is 4.57 Å². The molecule has 1 rings (SSSR count). The van der Waals surface area contributed by atoms with Crippen LogP contribution in [-0.2, 0) is 16.1 Å². The Balaban J connectivity index is 2.24. The van der Waals surface area contributed by atoms with E-state index in [-0.39, 0.29) is 10.8 Å². The number of carbonyl (C=O) groups excluding carboxylic acids is 1. The molecule has 0 amide bonds. The fraction of sp³-hybridized carbons (Fsp3) is 0.667. The van der Waals surface area contributed by atoms with E-state index in [9.17, 15) is 9.59 Å². The minimum Gasteiger partial charge on any atom is -0.466 e. The Bertz CT molecular complexity index is 408. The molecule has 0 aliphatic rings. The molecule has 0 fully saturated rings. The van der Waals surface area contributed by atoms with Crippen LogP contribution in [-0.4, -0.2) is 17.1 Å². The highest BCUT2D eigenvalue weighted by molar-refractivity contribution is 7.07. The maximum absolute atomic E-state index is 11.4. The first kappa shape index (κ1) is 14.0. The summed E-state index contributed by atoms with van der Waals surface area (Å²) >= 11 is 1.20. The SMILES string of the molecule is CCCCOC(=O)CCCn1c(C)csc1=O. The van der Waals surface area contributed by atoms with Gasteiger partial charge in [0, 0.05) is 24.0 Å². The Kier molecular flexibility index (Phi) is 5.97. The first-order valence-electron chi connectivity index (χ1n) is 5.95. The van der Waals surface area contributed by atoms with Crippen molar-refractivity contribution in [3.8, 4) is 0 Å². The average molecular weight is 257 g/mol. The molecule has 1 aromatic rings. The standard InChI is InChI=1S/C12H19NO3S/c1-3-4-8-16-11(14)6-5-7-13-10(2)9-17-12(13)15/h9H,3-8H2,1-2H3. The number of unbranched alkanes of at least 4 members (excludes halogenated alkanes) is 1. The zero-order valence-corrected chi connectivity index (χ0v) is 11.2. The second-order valence-electron chi connectivity index (χ2n) is 3.97. The Morgan fingerprint density at radius 3 is 2.82 bits per heavy atom. The number of carbonyl (C=O) groups is 1. The highest BCUT2D eigenvalue weighted by Gasteiger charge is 2.05. The predicted octanol–water partition coefficient (Wildman–Crippen LogP) is 2.34. The van der Waals surface area contributed by atoms with Gasteiger partial charge in [-0.15, -0.1) is 0 Å². The van der Waals surface area contributed by atoms with Crippen LogP contribution < -0.4 is 4.87 Å². The number of hydrogen-bond donors (Lipinski definition) is 0. The molecular weight excluding hydrogens is 238 g/mol. The van der Waals surface area contributed by atoms with Gasteiger partial charge in [0.1, 0.15) is 0 Å². The van der Waals surface area contributed by atoms with Gasteiger partial charge in [-0.2, -0.15) is 0 Å². The lowest BCUT2D eigenvalue weighted by Gasteiger charge is -2.05. The van der Waals surface area contributed by atoms with E-state index < -0.39 is 0 Å². The van der Waals surface area contributed by atoms with Gasteiger partial charge in [-0.25, -0.2) is 0 Å². The molecule has 0 saturated carbocycles. The van der Waals surface area contributed by atoms with Crippen LogP contribution in [0.15, 0.2) is 10.2 Å². The second kappa shape index (κ2) is 7.27. The number of rotatable bonds is 7. The summed E-state index contributed by atoms with van der Waals surface area (Å²) in [6.45, 7) is 5.06. The van der Waals surface area contributed by atoms with Crippen molar-refractivity contribution in [2.75, 3.05) is 6.61 Å². The molecule has 0 aliphatic carbocycles. The summed E-state index contributed by atoms with van der Waals surface area (Å²) in [7, 11) is 0. The van der Waals surface area contributed by atoms with Crippen LogP contribution in [0.2, 0.25) is 0 Å². The van der Waals surface area contributed by atoms with Crippen LogP contribution in [0, 0.1) is 6.92 Å². The van der Waals surface area contributed by atoms with Crippen molar-refractivity contribution in [1.29, 1.82) is 0 Å². The van der Waals surface area contributed by atoms with E-state index in [0.717, 1.165) is 18.5 Å². The van der Waals surface area contributed by atoms with Crippen molar-refractivity contribution in [2.24, 2.45) is 0 Å². The normalized spacial score (nSPS) is 10.5. The summed E-state index contributed by atoms with van der Waals surface area (Å²) in [6.07, 6.45) is 2.97. The molecule has 1 heterocycles. The molecule has 0 spiro atoms. The van der Waals surface area contributed by atoms with E-state index in [4.69, 9.17) is 4.74 Å². The molecule has 0 bridgehead atoms. The molecule has 0 radical (unpaired) electrons. The lowest BCUT2D eigenvalue weighted by molar-refractivity contribution is -0.143. The highest BCUT2D eigenvalue weighted by Crippen LogP contribution is 2.03. The van der Waals surface area contributed by atoms with E-state index in [1.165, 1.54) is 11.3 Å². The Morgan fingerprint density at radius 1 is 1.47 bits per heavy atom. The fourth-order valence-electron chi connectivity index (χ4n) is 1.46. The third kappa shape index (κ3) is 4.73. The molecule has 4 nitrogen and oxygen atoms in total. The molecule has 0 aromatic carbocycles. The third-order valence-electron chi connectivity index (χ3n) is 2.50. The van der Waals surface area contributed by atoms with E-state index in [1.807, 2.05) is 12.3 Å². The number of aromatic nitrogens is 1. The summed E-state index contributed by atoms with van der Waals surface area (Å²) in [6, 6.07) is 0. The minimum absolute atomic E-state index is 0.0434. The van der Waals surface area contributed by atoms with Crippen molar-refractivity contribution >= 4 is 17.3 Å². The molecule has 0 aliphatic heterocycles. The third-order valence-corrected chi connectivity index (χ3v) is 3.38. The summed E-state index contributed by atoms with van der Waals surface area (Å²) in [4.78, 5) is 22.7. The van der Waals surface area contributed by atoms with Gasteiger partial charge in [-0.05, 0) is 19.8 Å². The van der Waals surface area contributed by atoms with Crippen LogP contribution in [0.3, 0.4) is 0 Å². The summed E-state index contributed by atoms with van der Waals surface area (Å²) < 4.78 is 6.74. The second-order valence-corrected chi connectivity index (χ2v) is 4.79. The van der Waals surface area contributed by atoms with Gasteiger partial charge < -0.3 is 9.30 Å². The van der Waals surface area contributed by atoms with E-state index in [1.54, 1.807) is 4.57 Å². The van der Waals surface area contributed by atoms with Gasteiger partial charge in [-0.1, -0.05) is 24.7 Å². The number of ether oxygens (including phenoxy) is 1. The van der Waals surface area contributed by atoms with Crippen molar-refractivity contribution < 1.29 is 9.53 Å². The van der Waals surface area contributed by atoms with E-state index in [2.05, 4.69) is 6.92 Å². The van der Waals surface area contributed by atoms with Gasteiger partial charge in [-0.3, -0.25) is 9.59 Å². The lowest BCUT2D eigenvalue weighted by Crippen LogP contribution is -2.16. The number of nitrogens with zero attached hydrogens (tertiary/aromatic N) is 1. The molecule has 0 unspecified atom stereocenters. The number of esters is 1. The Morgan fingerprint density at radius 2 is 2.24 bits per heavy atom. The van der Waals surface area contributed by atoms with Crippen LogP contribution >= 0.6 is 11.3 Å². The van der Waals surface area contributed by atoms with Crippen LogP contribution in [0.5, 0.6) is 0 Å². The van der Waals surface area contributed by atoms with Crippen molar-refractivity contribution in [2.45, 2.75) is 46.1 Å². The zero-order valence-electron chi connectivity index (χ0n) is 10.4. The monoisotopic (exact) mass is 257 g/mol. The first-order chi connectivity index (χ1) is 8.15. The maximum atomic E-state index is 11.4. The van der Waals surface area contributed by atoms with Gasteiger partial charge in [0.15, 0.2) is 0 Å². The van der Waals surface area contributed by atoms with E-state index in [0.29, 0.717) is 26.0 Å². The summed E-state index contributed by atoms with van der Waals surface area (Å²) in [5, 5.41) is 1.84. The van der Waals surface area contributed by atoms with Gasteiger partial charge in [0.2, 0.25) is 0 Å². The molecule has 0 N–H and O–H groups in total. The van der Waals surface area contributed by atoms with Gasteiger partial charge >= 0.3 is 10.8 Å². The summed E-state index contributed by atoms with van der Waals surface area (Å²) in [5.41, 5.74) is 0.958. The van der Waals surface area contributed by atoms with Crippen LogP contribution in [0.4, 0.5) is 0 Å². The maximum Gasteiger partial charge on any atom is 0.307 e. The Labute approximate surface area is 105 Å². The number of thiazole rings is 1. The van der Waals surface area contributed by atoms with Crippen LogP contribution in [0.25, 0.3) is 0 Å². The topological polar surface area (TPSA) is 48.3 Å². The molecule has 5 heteroatoms. The highest BCUT2D eigenvalue weighted by atomic mass is 32.1. The molecule has 96 valence electrons. The Hall–Kier alpha value is -1.10. The molecule has 17 heavy (non-hydrogen) atoms. The number of hydrogen-bond acceptors (Lipinski definition) is 4. The predicted molar refractivity (Wildman–Crippen MR) is 68.4 cm³/mol. The zero-order chi connectivity index (χ0) is 12.7. The molecule has 1 aromatic heterocycles. The molecular formula is C12H19NO3S. The van der Waals surface area contributed by atoms with Gasteiger partial charge in [0.25, 0.3) is 0 Å². The first-order valence-corrected chi connectivity index (χ1v) is 6.83.